The molecule has 11 heteroatoms. The Labute approximate surface area is 158 Å². The lowest BCUT2D eigenvalue weighted by Gasteiger charge is -2.39. The lowest BCUT2D eigenvalue weighted by Crippen LogP contribution is -2.61. The fourth-order valence-electron chi connectivity index (χ4n) is 3.17. The fraction of sp³-hybridized carbons (Fsp3) is 1.00. The van der Waals surface area contributed by atoms with Gasteiger partial charge < -0.3 is 45.4 Å². The Morgan fingerprint density at radius 3 is 1.30 bits per heavy atom. The molecular weight excluding hydrogens is 362 g/mol. The summed E-state index contributed by atoms with van der Waals surface area (Å²) in [5.74, 6) is 0. The summed E-state index contributed by atoms with van der Waals surface area (Å²) < 4.78 is 10.9. The quantitative estimate of drug-likeness (QED) is 0.181. The number of aliphatic hydroxyl groups is 6. The molecule has 0 aromatic carbocycles. The smallest absolute Gasteiger partial charge is 0.137 e. The van der Waals surface area contributed by atoms with Gasteiger partial charge in [-0.05, 0) is 13.8 Å². The lowest BCUT2D eigenvalue weighted by molar-refractivity contribution is -0.224. The SMILES string of the molecule is C[C@@H]1O[C@@H](NCCNCCN[C@@H]2O[C@@H](C)[C@@H](O)[C@@H](O)[C@@H]2O)[C@@H](O)[C@H](O)[C@@H]1O. The van der Waals surface area contributed by atoms with Gasteiger partial charge in [-0.15, -0.1) is 0 Å². The zero-order valence-corrected chi connectivity index (χ0v) is 15.6. The van der Waals surface area contributed by atoms with Gasteiger partial charge in [0.2, 0.25) is 0 Å². The minimum atomic E-state index is -1.26. The first-order valence-corrected chi connectivity index (χ1v) is 9.30. The minimum Gasteiger partial charge on any atom is -0.388 e. The third-order valence-electron chi connectivity index (χ3n) is 5.00. The van der Waals surface area contributed by atoms with E-state index < -0.39 is 61.3 Å². The van der Waals surface area contributed by atoms with E-state index in [4.69, 9.17) is 9.47 Å². The van der Waals surface area contributed by atoms with Crippen LogP contribution in [0.3, 0.4) is 0 Å². The maximum absolute atomic E-state index is 9.89. The first-order valence-electron chi connectivity index (χ1n) is 9.30. The largest absolute Gasteiger partial charge is 0.388 e. The van der Waals surface area contributed by atoms with E-state index in [2.05, 4.69) is 16.0 Å². The number of aliphatic hydroxyl groups excluding tert-OH is 6. The van der Waals surface area contributed by atoms with Crippen LogP contribution in [0.1, 0.15) is 13.8 Å². The molecule has 0 aromatic heterocycles. The van der Waals surface area contributed by atoms with Gasteiger partial charge in [0, 0.05) is 26.2 Å². The third kappa shape index (κ3) is 5.78. The van der Waals surface area contributed by atoms with Gasteiger partial charge >= 0.3 is 0 Å². The lowest BCUT2D eigenvalue weighted by atomic mass is 9.99. The van der Waals surface area contributed by atoms with Crippen LogP contribution in [0.5, 0.6) is 0 Å². The number of nitrogens with one attached hydrogen (secondary N) is 3. The Balaban J connectivity index is 1.57. The highest BCUT2D eigenvalue weighted by Gasteiger charge is 2.42. The van der Waals surface area contributed by atoms with E-state index in [-0.39, 0.29) is 0 Å². The highest BCUT2D eigenvalue weighted by atomic mass is 16.6. The van der Waals surface area contributed by atoms with Crippen LogP contribution in [-0.4, -0.2) is 118 Å². The maximum atomic E-state index is 9.89. The zero-order valence-electron chi connectivity index (χ0n) is 15.6. The van der Waals surface area contributed by atoms with Gasteiger partial charge in [0.25, 0.3) is 0 Å². The molecule has 0 bridgehead atoms. The molecule has 2 rings (SSSR count). The molecule has 27 heavy (non-hydrogen) atoms. The van der Waals surface area contributed by atoms with Crippen LogP contribution >= 0.6 is 0 Å². The highest BCUT2D eigenvalue weighted by Crippen LogP contribution is 2.20. The molecule has 10 atom stereocenters. The van der Waals surface area contributed by atoms with Crippen LogP contribution in [0, 0.1) is 0 Å². The summed E-state index contributed by atoms with van der Waals surface area (Å²) in [6.45, 7) is 5.26. The van der Waals surface area contributed by atoms with Crippen LogP contribution in [0.25, 0.3) is 0 Å². The fourth-order valence-corrected chi connectivity index (χ4v) is 3.17. The van der Waals surface area contributed by atoms with Crippen LogP contribution in [0.4, 0.5) is 0 Å². The van der Waals surface area contributed by atoms with Gasteiger partial charge in [-0.3, -0.25) is 10.6 Å². The summed E-state index contributed by atoms with van der Waals surface area (Å²) in [4.78, 5) is 0. The molecule has 160 valence electrons. The molecular formula is C16H33N3O8. The van der Waals surface area contributed by atoms with Crippen molar-refractivity contribution in [1.29, 1.82) is 0 Å². The summed E-state index contributed by atoms with van der Waals surface area (Å²) in [5.41, 5.74) is 0. The molecule has 2 aliphatic rings. The molecule has 0 saturated carbocycles. The molecule has 11 nitrogen and oxygen atoms in total. The van der Waals surface area contributed by atoms with Crippen LogP contribution in [0.15, 0.2) is 0 Å². The zero-order chi connectivity index (χ0) is 20.1. The van der Waals surface area contributed by atoms with Gasteiger partial charge in [0.05, 0.1) is 12.2 Å². The van der Waals surface area contributed by atoms with E-state index in [9.17, 15) is 30.6 Å². The van der Waals surface area contributed by atoms with Crippen molar-refractivity contribution in [2.45, 2.75) is 75.1 Å². The van der Waals surface area contributed by atoms with Crippen molar-refractivity contribution in [1.82, 2.24) is 16.0 Å². The summed E-state index contributed by atoms with van der Waals surface area (Å²) in [7, 11) is 0. The van der Waals surface area contributed by atoms with E-state index >= 15 is 0 Å². The molecule has 0 spiro atoms. The number of rotatable bonds is 8. The molecule has 0 radical (unpaired) electrons. The number of hydrogen-bond acceptors (Lipinski definition) is 11. The minimum absolute atomic E-state index is 0.460. The van der Waals surface area contributed by atoms with Crippen molar-refractivity contribution in [3.05, 3.63) is 0 Å². The van der Waals surface area contributed by atoms with Gasteiger partial charge in [-0.1, -0.05) is 0 Å². The summed E-state index contributed by atoms with van der Waals surface area (Å²) in [6.07, 6.45) is -9.91. The molecule has 0 aromatic rings. The molecule has 2 aliphatic heterocycles. The van der Waals surface area contributed by atoms with Gasteiger partial charge in [0.1, 0.15) is 49.1 Å². The Bertz CT molecular complexity index is 410. The van der Waals surface area contributed by atoms with E-state index in [1.54, 1.807) is 13.8 Å². The normalized spacial score (nSPS) is 45.8. The molecule has 2 heterocycles. The average Bonchev–Trinajstić information content (AvgIpc) is 2.65. The second-order valence-electron chi connectivity index (χ2n) is 7.13. The first-order chi connectivity index (χ1) is 12.7. The van der Waals surface area contributed by atoms with Crippen molar-refractivity contribution in [3.8, 4) is 0 Å². The highest BCUT2D eigenvalue weighted by molar-refractivity contribution is 4.90. The van der Waals surface area contributed by atoms with E-state index in [0.717, 1.165) is 0 Å². The Morgan fingerprint density at radius 1 is 0.556 bits per heavy atom. The van der Waals surface area contributed by atoms with Crippen LogP contribution in [0.2, 0.25) is 0 Å². The van der Waals surface area contributed by atoms with Crippen molar-refractivity contribution in [2.24, 2.45) is 0 Å². The van der Waals surface area contributed by atoms with E-state index in [1.165, 1.54) is 0 Å². The second-order valence-corrected chi connectivity index (χ2v) is 7.13. The summed E-state index contributed by atoms with van der Waals surface area (Å²) in [5, 5.41) is 67.6. The molecule has 0 amide bonds. The van der Waals surface area contributed by atoms with Crippen molar-refractivity contribution >= 4 is 0 Å². The molecule has 2 fully saturated rings. The summed E-state index contributed by atoms with van der Waals surface area (Å²) in [6, 6.07) is 0. The molecule has 9 N–H and O–H groups in total. The Hall–Kier alpha value is -0.440. The number of ether oxygens (including phenoxy) is 2. The monoisotopic (exact) mass is 395 g/mol. The standard InChI is InChI=1S/C16H33N3O8/c1-7-9(20)11(22)13(24)15(26-7)18-5-3-17-4-6-19-16-14(25)12(23)10(21)8(2)27-16/h7-25H,3-6H2,1-2H3/t7-,8-,9+,10+,11+,12+,13-,14-,15+,16+/m0/s1. The average molecular weight is 395 g/mol. The molecule has 0 unspecified atom stereocenters. The van der Waals surface area contributed by atoms with Gasteiger partial charge in [-0.2, -0.15) is 0 Å². The number of hydrogen-bond donors (Lipinski definition) is 9. The predicted molar refractivity (Wildman–Crippen MR) is 93.6 cm³/mol. The topological polar surface area (TPSA) is 176 Å². The van der Waals surface area contributed by atoms with Crippen molar-refractivity contribution in [2.75, 3.05) is 26.2 Å². The third-order valence-corrected chi connectivity index (χ3v) is 5.00. The molecule has 0 aliphatic carbocycles. The van der Waals surface area contributed by atoms with Crippen molar-refractivity contribution < 1.29 is 40.1 Å². The predicted octanol–water partition coefficient (Wildman–Crippen LogP) is -4.59. The summed E-state index contributed by atoms with van der Waals surface area (Å²) >= 11 is 0. The van der Waals surface area contributed by atoms with E-state index in [1.807, 2.05) is 0 Å². The van der Waals surface area contributed by atoms with Gasteiger partial charge in [0.15, 0.2) is 0 Å². The van der Waals surface area contributed by atoms with Gasteiger partial charge in [-0.25, -0.2) is 0 Å². The van der Waals surface area contributed by atoms with E-state index in [0.29, 0.717) is 26.2 Å². The van der Waals surface area contributed by atoms with Crippen LogP contribution in [-0.2, 0) is 9.47 Å². The first kappa shape index (κ1) is 22.8. The Kier molecular flexibility index (Phi) is 8.77. The second kappa shape index (κ2) is 10.4. The Morgan fingerprint density at radius 2 is 0.926 bits per heavy atom. The maximum Gasteiger partial charge on any atom is 0.137 e. The van der Waals surface area contributed by atoms with Crippen LogP contribution < -0.4 is 16.0 Å². The van der Waals surface area contributed by atoms with Crippen molar-refractivity contribution in [3.63, 3.8) is 0 Å². The molecule has 2 saturated heterocycles.